The standard InChI is InChI=1S/C16H24NO2S/c1-5-7-8-15(6-2)16(19)13(3)20-11-9-17(10-12-20)14(4)18/h5-8,13H,1,9-12H2,2-4H3/q+1/b8-7-,15-6+. The lowest BCUT2D eigenvalue weighted by Gasteiger charge is -2.27. The number of ketones is 1. The number of rotatable bonds is 5. The highest BCUT2D eigenvalue weighted by Gasteiger charge is 2.37. The number of amides is 1. The summed E-state index contributed by atoms with van der Waals surface area (Å²) >= 11 is 0. The third-order valence-corrected chi connectivity index (χ3v) is 6.20. The van der Waals surface area contributed by atoms with Crippen LogP contribution in [0.25, 0.3) is 0 Å². The van der Waals surface area contributed by atoms with Gasteiger partial charge < -0.3 is 4.90 Å². The van der Waals surface area contributed by atoms with Crippen molar-refractivity contribution in [1.29, 1.82) is 0 Å². The van der Waals surface area contributed by atoms with Gasteiger partial charge in [0.1, 0.15) is 11.5 Å². The summed E-state index contributed by atoms with van der Waals surface area (Å²) < 4.78 is 0. The van der Waals surface area contributed by atoms with E-state index in [4.69, 9.17) is 0 Å². The van der Waals surface area contributed by atoms with Crippen molar-refractivity contribution in [3.63, 3.8) is 0 Å². The van der Waals surface area contributed by atoms with Crippen LogP contribution in [0.15, 0.2) is 36.5 Å². The van der Waals surface area contributed by atoms with Gasteiger partial charge in [0.25, 0.3) is 0 Å². The first-order valence-corrected chi connectivity index (χ1v) is 8.55. The van der Waals surface area contributed by atoms with Gasteiger partial charge in [0.05, 0.1) is 13.1 Å². The number of nitrogens with zero attached hydrogens (tertiary/aromatic N) is 1. The fraction of sp³-hybridized carbons (Fsp3) is 0.500. The molecule has 1 fully saturated rings. The van der Waals surface area contributed by atoms with Gasteiger partial charge in [-0.15, -0.1) is 0 Å². The summed E-state index contributed by atoms with van der Waals surface area (Å²) in [5.41, 5.74) is 0.749. The summed E-state index contributed by atoms with van der Waals surface area (Å²) in [4.78, 5) is 25.7. The van der Waals surface area contributed by atoms with Crippen molar-refractivity contribution in [1.82, 2.24) is 4.90 Å². The van der Waals surface area contributed by atoms with Gasteiger partial charge in [-0.3, -0.25) is 9.59 Å². The van der Waals surface area contributed by atoms with Crippen molar-refractivity contribution in [2.24, 2.45) is 0 Å². The predicted octanol–water partition coefficient (Wildman–Crippen LogP) is 2.11. The Bertz CT molecular complexity index is 432. The molecule has 1 heterocycles. The number of carbonyl (C=O) groups excluding carboxylic acids is 2. The minimum Gasteiger partial charge on any atom is -0.334 e. The molecule has 1 aliphatic heterocycles. The van der Waals surface area contributed by atoms with Gasteiger partial charge in [-0.1, -0.05) is 30.9 Å². The van der Waals surface area contributed by atoms with Crippen LogP contribution in [0, 0.1) is 0 Å². The second-order valence-corrected chi connectivity index (χ2v) is 7.40. The highest BCUT2D eigenvalue weighted by molar-refractivity contribution is 7.98. The molecule has 0 bridgehead atoms. The number of hydrogen-bond donors (Lipinski definition) is 0. The Morgan fingerprint density at radius 3 is 2.35 bits per heavy atom. The van der Waals surface area contributed by atoms with E-state index in [1.807, 2.05) is 30.9 Å². The molecular formula is C16H24NO2S+. The average molecular weight is 294 g/mol. The van der Waals surface area contributed by atoms with Crippen LogP contribution in [0.1, 0.15) is 20.8 Å². The number of allylic oxidation sites excluding steroid dienone is 5. The first-order chi connectivity index (χ1) is 9.51. The normalized spacial score (nSPS) is 19.1. The van der Waals surface area contributed by atoms with E-state index >= 15 is 0 Å². The summed E-state index contributed by atoms with van der Waals surface area (Å²) in [5.74, 6) is 2.21. The molecule has 4 heteroatoms. The summed E-state index contributed by atoms with van der Waals surface area (Å²) in [6.45, 7) is 10.7. The second kappa shape index (κ2) is 8.10. The van der Waals surface area contributed by atoms with E-state index in [1.54, 1.807) is 19.1 Å². The number of hydrogen-bond acceptors (Lipinski definition) is 2. The van der Waals surface area contributed by atoms with Gasteiger partial charge in [0.15, 0.2) is 5.25 Å². The molecule has 0 aromatic rings. The van der Waals surface area contributed by atoms with E-state index in [2.05, 4.69) is 6.58 Å². The molecule has 110 valence electrons. The largest absolute Gasteiger partial charge is 0.334 e. The number of carbonyl (C=O) groups is 2. The van der Waals surface area contributed by atoms with Crippen LogP contribution in [0.2, 0.25) is 0 Å². The highest BCUT2D eigenvalue weighted by atomic mass is 32.2. The molecular weight excluding hydrogens is 270 g/mol. The lowest BCUT2D eigenvalue weighted by atomic mass is 10.1. The Hall–Kier alpha value is -1.29. The Morgan fingerprint density at radius 2 is 1.90 bits per heavy atom. The summed E-state index contributed by atoms with van der Waals surface area (Å²) in [5, 5.41) is 0.0322. The Morgan fingerprint density at radius 1 is 1.30 bits per heavy atom. The molecule has 0 aliphatic carbocycles. The molecule has 1 amide bonds. The van der Waals surface area contributed by atoms with Crippen molar-refractivity contribution < 1.29 is 9.59 Å². The molecule has 0 spiro atoms. The predicted molar refractivity (Wildman–Crippen MR) is 86.9 cm³/mol. The van der Waals surface area contributed by atoms with Crippen LogP contribution in [0.4, 0.5) is 0 Å². The third-order valence-electron chi connectivity index (χ3n) is 3.57. The molecule has 1 rings (SSSR count). The van der Waals surface area contributed by atoms with Crippen LogP contribution in [0.5, 0.6) is 0 Å². The van der Waals surface area contributed by atoms with Crippen LogP contribution >= 0.6 is 0 Å². The van der Waals surface area contributed by atoms with Gasteiger partial charge in [-0.05, 0) is 13.8 Å². The van der Waals surface area contributed by atoms with Crippen LogP contribution in [0.3, 0.4) is 0 Å². The van der Waals surface area contributed by atoms with Crippen LogP contribution in [-0.4, -0.2) is 46.4 Å². The monoisotopic (exact) mass is 294 g/mol. The molecule has 3 nitrogen and oxygen atoms in total. The molecule has 1 saturated heterocycles. The minimum absolute atomic E-state index is 0.0322. The summed E-state index contributed by atoms with van der Waals surface area (Å²) in [6.07, 6.45) is 7.14. The lowest BCUT2D eigenvalue weighted by molar-refractivity contribution is -0.128. The van der Waals surface area contributed by atoms with Gasteiger partial charge in [-0.25, -0.2) is 0 Å². The summed E-state index contributed by atoms with van der Waals surface area (Å²) in [6, 6.07) is 0. The Labute approximate surface area is 124 Å². The highest BCUT2D eigenvalue weighted by Crippen LogP contribution is 2.17. The van der Waals surface area contributed by atoms with Crippen LogP contribution in [-0.2, 0) is 20.5 Å². The molecule has 0 aromatic heterocycles. The minimum atomic E-state index is 0.0322. The van der Waals surface area contributed by atoms with Crippen LogP contribution < -0.4 is 0 Å². The number of Topliss-reactive ketones (excluding diaryl/α,β-unsaturated/α-hetero) is 1. The van der Waals surface area contributed by atoms with E-state index < -0.39 is 0 Å². The smallest absolute Gasteiger partial charge is 0.219 e. The van der Waals surface area contributed by atoms with Crippen molar-refractivity contribution >= 4 is 22.6 Å². The fourth-order valence-corrected chi connectivity index (χ4v) is 4.48. The Kier molecular flexibility index (Phi) is 6.79. The molecule has 1 aliphatic rings. The molecule has 0 radical (unpaired) electrons. The third kappa shape index (κ3) is 4.37. The van der Waals surface area contributed by atoms with Gasteiger partial charge in [0.2, 0.25) is 11.7 Å². The molecule has 0 aromatic carbocycles. The molecule has 1 atom stereocenters. The van der Waals surface area contributed by atoms with Gasteiger partial charge >= 0.3 is 0 Å². The first kappa shape index (κ1) is 16.8. The average Bonchev–Trinajstić information content (AvgIpc) is 2.47. The zero-order valence-electron chi connectivity index (χ0n) is 12.6. The molecule has 0 saturated carbocycles. The zero-order valence-corrected chi connectivity index (χ0v) is 13.4. The molecule has 1 unspecified atom stereocenters. The van der Waals surface area contributed by atoms with Crippen molar-refractivity contribution in [2.45, 2.75) is 26.0 Å². The SMILES string of the molecule is C=C/C=C\C(=C/C)C(=O)C(C)[S+]1CCN(C(C)=O)CC1. The van der Waals surface area contributed by atoms with E-state index in [0.29, 0.717) is 0 Å². The van der Waals surface area contributed by atoms with E-state index in [9.17, 15) is 9.59 Å². The maximum absolute atomic E-state index is 12.5. The van der Waals surface area contributed by atoms with Crippen molar-refractivity contribution in [2.75, 3.05) is 24.6 Å². The van der Waals surface area contributed by atoms with Crippen molar-refractivity contribution in [3.8, 4) is 0 Å². The topological polar surface area (TPSA) is 37.4 Å². The van der Waals surface area contributed by atoms with E-state index in [0.717, 1.165) is 30.2 Å². The van der Waals surface area contributed by atoms with E-state index in [1.165, 1.54) is 0 Å². The molecule has 0 N–H and O–H groups in total. The lowest BCUT2D eigenvalue weighted by Crippen LogP contribution is -2.47. The maximum atomic E-state index is 12.5. The first-order valence-electron chi connectivity index (χ1n) is 6.92. The molecule has 20 heavy (non-hydrogen) atoms. The van der Waals surface area contributed by atoms with Gasteiger partial charge in [0, 0.05) is 23.4 Å². The maximum Gasteiger partial charge on any atom is 0.219 e. The Balaban J connectivity index is 2.64. The van der Waals surface area contributed by atoms with E-state index in [-0.39, 0.29) is 27.8 Å². The quantitative estimate of drug-likeness (QED) is 0.442. The fourth-order valence-electron chi connectivity index (χ4n) is 2.22. The zero-order chi connectivity index (χ0) is 15.1. The second-order valence-electron chi connectivity index (χ2n) is 4.80. The summed E-state index contributed by atoms with van der Waals surface area (Å²) in [7, 11) is 0.0716. The van der Waals surface area contributed by atoms with Gasteiger partial charge in [-0.2, -0.15) is 0 Å². The van der Waals surface area contributed by atoms with Crippen molar-refractivity contribution in [3.05, 3.63) is 36.5 Å².